The second-order valence-corrected chi connectivity index (χ2v) is 10.3. The summed E-state index contributed by atoms with van der Waals surface area (Å²) in [6, 6.07) is 16.9. The van der Waals surface area contributed by atoms with Gasteiger partial charge in [-0.3, -0.25) is 15.0 Å². The number of thioether (sulfide) groups is 1. The minimum absolute atomic E-state index is 0.193. The quantitative estimate of drug-likeness (QED) is 0.246. The molecular weight excluding hydrogens is 563 g/mol. The van der Waals surface area contributed by atoms with Crippen LogP contribution >= 0.6 is 58.8 Å². The van der Waals surface area contributed by atoms with Gasteiger partial charge >= 0.3 is 0 Å². The first-order chi connectivity index (χ1) is 17.3. The van der Waals surface area contributed by atoms with Gasteiger partial charge in [0.2, 0.25) is 0 Å². The number of methoxy groups -OCH3 is 1. The molecule has 4 rings (SSSR count). The number of nitrogens with zero attached hydrogens (tertiary/aromatic N) is 1. The van der Waals surface area contributed by atoms with Crippen molar-refractivity contribution in [1.82, 2.24) is 10.4 Å². The van der Waals surface area contributed by atoms with E-state index in [4.69, 9.17) is 56.5 Å². The van der Waals surface area contributed by atoms with Gasteiger partial charge in [0.25, 0.3) is 11.8 Å². The average Bonchev–Trinajstić information content (AvgIpc) is 3.11. The Balaban J connectivity index is 1.48. The Morgan fingerprint density at radius 1 is 1.06 bits per heavy atom. The van der Waals surface area contributed by atoms with E-state index in [1.165, 1.54) is 7.11 Å². The van der Waals surface area contributed by atoms with Crippen molar-refractivity contribution in [2.75, 3.05) is 7.11 Å². The maximum Gasteiger partial charge on any atom is 0.285 e. The molecule has 3 aromatic rings. The number of rotatable bonds is 7. The first-order valence-electron chi connectivity index (χ1n) is 10.3. The molecular formula is C25H17Cl3N2O4S2. The summed E-state index contributed by atoms with van der Waals surface area (Å²) in [6.07, 6.45) is 1.66. The lowest BCUT2D eigenvalue weighted by molar-refractivity contribution is -0.123. The largest absolute Gasteiger partial charge is 0.493 e. The normalized spacial score (nSPS) is 14.3. The molecule has 3 aromatic carbocycles. The standard InChI is InChI=1S/C25H17Cl3N2O4S2/c1-33-21-10-14(6-9-20(21)34-13-15-7-8-16(26)12-19(15)28)11-22-24(32)30(25(35)36-22)29-23(31)17-4-2-3-5-18(17)27/h2-12H,13H2,1H3,(H,29,31)/b22-11-. The van der Waals surface area contributed by atoms with E-state index in [0.717, 1.165) is 22.3 Å². The summed E-state index contributed by atoms with van der Waals surface area (Å²) >= 11 is 24.6. The molecule has 2 amide bonds. The van der Waals surface area contributed by atoms with Crippen LogP contribution in [0.3, 0.4) is 0 Å². The Morgan fingerprint density at radius 3 is 2.56 bits per heavy atom. The highest BCUT2D eigenvalue weighted by Crippen LogP contribution is 2.35. The first kappa shape index (κ1) is 26.3. The maximum atomic E-state index is 12.9. The molecule has 1 saturated heterocycles. The van der Waals surface area contributed by atoms with Gasteiger partial charge in [-0.15, -0.1) is 0 Å². The van der Waals surface area contributed by atoms with Crippen molar-refractivity contribution >= 4 is 81.0 Å². The van der Waals surface area contributed by atoms with Gasteiger partial charge < -0.3 is 9.47 Å². The molecule has 1 N–H and O–H groups in total. The number of carbonyl (C=O) groups excluding carboxylic acids is 2. The van der Waals surface area contributed by atoms with E-state index in [1.807, 2.05) is 0 Å². The zero-order valence-electron chi connectivity index (χ0n) is 18.6. The van der Waals surface area contributed by atoms with E-state index >= 15 is 0 Å². The maximum absolute atomic E-state index is 12.9. The van der Waals surface area contributed by atoms with Crippen LogP contribution in [0.2, 0.25) is 15.1 Å². The Morgan fingerprint density at radius 2 is 1.83 bits per heavy atom. The number of benzene rings is 3. The second-order valence-electron chi connectivity index (χ2n) is 7.37. The molecule has 184 valence electrons. The molecule has 0 spiro atoms. The van der Waals surface area contributed by atoms with Crippen molar-refractivity contribution in [2.24, 2.45) is 0 Å². The molecule has 0 aromatic heterocycles. The SMILES string of the molecule is COc1cc(/C=C2\SC(=S)N(NC(=O)c3ccccc3Cl)C2=O)ccc1OCc1ccc(Cl)cc1Cl. The molecule has 0 aliphatic carbocycles. The van der Waals surface area contributed by atoms with E-state index in [1.54, 1.807) is 66.7 Å². The molecule has 6 nitrogen and oxygen atoms in total. The number of hydrogen-bond acceptors (Lipinski definition) is 6. The minimum Gasteiger partial charge on any atom is -0.493 e. The third-order valence-corrected chi connectivity index (χ3v) is 7.23. The van der Waals surface area contributed by atoms with Crippen molar-refractivity contribution in [3.05, 3.63) is 97.3 Å². The summed E-state index contributed by atoms with van der Waals surface area (Å²) in [5.41, 5.74) is 4.21. The Kier molecular flexibility index (Phi) is 8.43. The summed E-state index contributed by atoms with van der Waals surface area (Å²) in [6.45, 7) is 0.218. The van der Waals surface area contributed by atoms with Crippen LogP contribution in [-0.4, -0.2) is 28.3 Å². The van der Waals surface area contributed by atoms with Crippen LogP contribution in [0.1, 0.15) is 21.5 Å². The molecule has 0 unspecified atom stereocenters. The molecule has 1 fully saturated rings. The van der Waals surface area contributed by atoms with Gasteiger partial charge in [-0.25, -0.2) is 0 Å². The van der Waals surface area contributed by atoms with Crippen LogP contribution in [-0.2, 0) is 11.4 Å². The first-order valence-corrected chi connectivity index (χ1v) is 12.7. The molecule has 1 heterocycles. The van der Waals surface area contributed by atoms with Gasteiger partial charge in [-0.05, 0) is 60.3 Å². The predicted octanol–water partition coefficient (Wildman–Crippen LogP) is 6.78. The minimum atomic E-state index is -0.540. The third-order valence-electron chi connectivity index (χ3n) is 5.01. The number of thiocarbonyl (C=S) groups is 1. The lowest BCUT2D eigenvalue weighted by Crippen LogP contribution is -2.44. The predicted molar refractivity (Wildman–Crippen MR) is 148 cm³/mol. The van der Waals surface area contributed by atoms with Gasteiger partial charge in [0.15, 0.2) is 15.8 Å². The van der Waals surface area contributed by atoms with Gasteiger partial charge in [0, 0.05) is 15.6 Å². The fraction of sp³-hybridized carbons (Fsp3) is 0.0800. The fourth-order valence-electron chi connectivity index (χ4n) is 3.21. The number of ether oxygens (including phenoxy) is 2. The van der Waals surface area contributed by atoms with Gasteiger partial charge in [-0.2, -0.15) is 5.01 Å². The van der Waals surface area contributed by atoms with E-state index in [0.29, 0.717) is 32.0 Å². The zero-order valence-corrected chi connectivity index (χ0v) is 22.5. The van der Waals surface area contributed by atoms with Crippen LogP contribution in [0.15, 0.2) is 65.6 Å². The Bertz CT molecular complexity index is 1400. The lowest BCUT2D eigenvalue weighted by atomic mass is 10.2. The van der Waals surface area contributed by atoms with Gasteiger partial charge in [0.1, 0.15) is 6.61 Å². The highest BCUT2D eigenvalue weighted by atomic mass is 35.5. The van der Waals surface area contributed by atoms with Crippen LogP contribution in [0.4, 0.5) is 0 Å². The molecule has 1 aliphatic rings. The number of amides is 2. The van der Waals surface area contributed by atoms with Crippen LogP contribution < -0.4 is 14.9 Å². The smallest absolute Gasteiger partial charge is 0.285 e. The lowest BCUT2D eigenvalue weighted by Gasteiger charge is -2.16. The molecule has 11 heteroatoms. The monoisotopic (exact) mass is 578 g/mol. The average molecular weight is 580 g/mol. The van der Waals surface area contributed by atoms with Gasteiger partial charge in [0.05, 0.1) is 22.6 Å². The van der Waals surface area contributed by atoms with Crippen LogP contribution in [0, 0.1) is 0 Å². The fourth-order valence-corrected chi connectivity index (χ4v) is 5.07. The Labute approximate surface area is 232 Å². The van der Waals surface area contributed by atoms with Gasteiger partial charge in [-0.1, -0.05) is 70.8 Å². The molecule has 1 aliphatic heterocycles. The number of hydrazine groups is 1. The Hall–Kier alpha value is -2.75. The summed E-state index contributed by atoms with van der Waals surface area (Å²) in [7, 11) is 1.52. The summed E-state index contributed by atoms with van der Waals surface area (Å²) in [4.78, 5) is 25.8. The van der Waals surface area contributed by atoms with E-state index in [2.05, 4.69) is 5.43 Å². The second kappa shape index (κ2) is 11.5. The molecule has 0 radical (unpaired) electrons. The zero-order chi connectivity index (χ0) is 25.8. The summed E-state index contributed by atoms with van der Waals surface area (Å²) in [5.74, 6) is -0.0271. The summed E-state index contributed by atoms with van der Waals surface area (Å²) in [5, 5.41) is 2.34. The molecule has 0 bridgehead atoms. The number of nitrogens with one attached hydrogen (secondary N) is 1. The van der Waals surface area contributed by atoms with Crippen molar-refractivity contribution < 1.29 is 19.1 Å². The van der Waals surface area contributed by atoms with Crippen LogP contribution in [0.25, 0.3) is 6.08 Å². The number of hydrogen-bond donors (Lipinski definition) is 1. The van der Waals surface area contributed by atoms with E-state index in [9.17, 15) is 9.59 Å². The van der Waals surface area contributed by atoms with Crippen LogP contribution in [0.5, 0.6) is 11.5 Å². The summed E-state index contributed by atoms with van der Waals surface area (Å²) < 4.78 is 11.5. The molecule has 0 atom stereocenters. The number of carbonyl (C=O) groups is 2. The van der Waals surface area contributed by atoms with E-state index in [-0.39, 0.29) is 21.5 Å². The highest BCUT2D eigenvalue weighted by Gasteiger charge is 2.34. The topological polar surface area (TPSA) is 67.9 Å². The van der Waals surface area contributed by atoms with Crippen molar-refractivity contribution in [2.45, 2.75) is 6.61 Å². The van der Waals surface area contributed by atoms with Crippen molar-refractivity contribution in [3.63, 3.8) is 0 Å². The van der Waals surface area contributed by atoms with Crippen molar-refractivity contribution in [1.29, 1.82) is 0 Å². The number of halogens is 3. The molecule has 36 heavy (non-hydrogen) atoms. The third kappa shape index (κ3) is 5.96. The molecule has 0 saturated carbocycles. The van der Waals surface area contributed by atoms with Crippen molar-refractivity contribution in [3.8, 4) is 11.5 Å². The van der Waals surface area contributed by atoms with E-state index < -0.39 is 11.8 Å². The highest BCUT2D eigenvalue weighted by molar-refractivity contribution is 8.26.